The second-order valence-electron chi connectivity index (χ2n) is 4.08. The lowest BCUT2D eigenvalue weighted by atomic mass is 10.1. The zero-order chi connectivity index (χ0) is 14.8. The Bertz CT molecular complexity index is 637. The van der Waals surface area contributed by atoms with Crippen molar-refractivity contribution in [1.29, 1.82) is 0 Å². The van der Waals surface area contributed by atoms with Crippen LogP contribution in [0.4, 0.5) is 0 Å². The number of hydrogen-bond donors (Lipinski definition) is 2. The fourth-order valence-electron chi connectivity index (χ4n) is 1.60. The van der Waals surface area contributed by atoms with Crippen LogP contribution in [0.2, 0.25) is 0 Å². The number of sulfonamides is 1. The maximum absolute atomic E-state index is 12.0. The molecule has 0 saturated carbocycles. The predicted octanol–water partition coefficient (Wildman–Crippen LogP) is 2.03. The van der Waals surface area contributed by atoms with Gasteiger partial charge in [-0.2, -0.15) is 0 Å². The van der Waals surface area contributed by atoms with Crippen molar-refractivity contribution in [2.24, 2.45) is 0 Å². The van der Waals surface area contributed by atoms with E-state index in [2.05, 4.69) is 11.3 Å². The van der Waals surface area contributed by atoms with Crippen molar-refractivity contribution >= 4 is 27.6 Å². The molecule has 7 heteroatoms. The Morgan fingerprint density at radius 1 is 1.37 bits per heavy atom. The molecule has 104 valence electrons. The Hall–Kier alpha value is -1.37. The molecule has 0 aromatic heterocycles. The first-order valence-corrected chi connectivity index (χ1v) is 7.18. The maximum Gasteiger partial charge on any atom is 0.335 e. The molecule has 0 radical (unpaired) electrons. The van der Waals surface area contributed by atoms with Crippen LogP contribution in [0.3, 0.4) is 0 Å². The largest absolute Gasteiger partial charge is 0.478 e. The van der Waals surface area contributed by atoms with E-state index >= 15 is 0 Å². The molecule has 0 heterocycles. The van der Waals surface area contributed by atoms with Gasteiger partial charge in [-0.05, 0) is 31.0 Å². The Labute approximate surface area is 117 Å². The Morgan fingerprint density at radius 3 is 2.42 bits per heavy atom. The van der Waals surface area contributed by atoms with Gasteiger partial charge in [-0.1, -0.05) is 24.2 Å². The first-order chi connectivity index (χ1) is 8.65. The zero-order valence-corrected chi connectivity index (χ0v) is 12.1. The van der Waals surface area contributed by atoms with Gasteiger partial charge < -0.3 is 5.11 Å². The normalized spacial score (nSPS) is 11.3. The summed E-state index contributed by atoms with van der Waals surface area (Å²) in [6, 6.07) is 2.67. The predicted molar refractivity (Wildman–Crippen MR) is 73.1 cm³/mol. The molecule has 0 amide bonds. The lowest BCUT2D eigenvalue weighted by molar-refractivity contribution is 0.0696. The molecule has 5 nitrogen and oxygen atoms in total. The summed E-state index contributed by atoms with van der Waals surface area (Å²) in [6.45, 7) is 6.48. The average Bonchev–Trinajstić information content (AvgIpc) is 2.25. The van der Waals surface area contributed by atoms with Crippen LogP contribution in [-0.2, 0) is 10.0 Å². The molecule has 0 aliphatic rings. The second kappa shape index (κ2) is 5.73. The third-order valence-corrected chi connectivity index (χ3v) is 4.17. The summed E-state index contributed by atoms with van der Waals surface area (Å²) in [5, 5.41) is 9.16. The molecular formula is C12H14ClNO4S. The highest BCUT2D eigenvalue weighted by Crippen LogP contribution is 2.20. The molecule has 2 N–H and O–H groups in total. The van der Waals surface area contributed by atoms with Gasteiger partial charge >= 0.3 is 5.97 Å². The van der Waals surface area contributed by atoms with Crippen LogP contribution in [0.5, 0.6) is 0 Å². The third-order valence-electron chi connectivity index (χ3n) is 2.50. The molecule has 0 atom stereocenters. The number of carboxylic acid groups (broad SMARTS) is 1. The molecule has 1 aromatic carbocycles. The van der Waals surface area contributed by atoms with Crippen LogP contribution in [0.15, 0.2) is 28.6 Å². The molecule has 0 unspecified atom stereocenters. The minimum absolute atomic E-state index is 0.0457. The van der Waals surface area contributed by atoms with E-state index in [1.165, 1.54) is 6.07 Å². The molecule has 0 spiro atoms. The van der Waals surface area contributed by atoms with Crippen molar-refractivity contribution in [2.45, 2.75) is 18.7 Å². The van der Waals surface area contributed by atoms with Crippen LogP contribution in [0, 0.1) is 13.8 Å². The minimum Gasteiger partial charge on any atom is -0.478 e. The minimum atomic E-state index is -3.82. The van der Waals surface area contributed by atoms with Gasteiger partial charge in [0.05, 0.1) is 10.5 Å². The number of aryl methyl sites for hydroxylation is 2. The Morgan fingerprint density at radius 2 is 1.95 bits per heavy atom. The monoisotopic (exact) mass is 303 g/mol. The van der Waals surface area contributed by atoms with Crippen LogP contribution < -0.4 is 4.72 Å². The summed E-state index contributed by atoms with van der Waals surface area (Å²) >= 11 is 5.50. The number of hydrogen-bond acceptors (Lipinski definition) is 3. The SMILES string of the molecule is C=C(Cl)CNS(=O)(=O)c1cc(C(=O)O)c(C)cc1C. The zero-order valence-electron chi connectivity index (χ0n) is 10.5. The number of aromatic carboxylic acids is 1. The topological polar surface area (TPSA) is 83.5 Å². The van der Waals surface area contributed by atoms with E-state index in [1.807, 2.05) is 0 Å². The van der Waals surface area contributed by atoms with Gasteiger partial charge in [-0.25, -0.2) is 17.9 Å². The summed E-state index contributed by atoms with van der Waals surface area (Å²) in [6.07, 6.45) is 0. The van der Waals surface area contributed by atoms with E-state index in [9.17, 15) is 13.2 Å². The molecule has 0 bridgehead atoms. The fraction of sp³-hybridized carbons (Fsp3) is 0.250. The highest BCUT2D eigenvalue weighted by Gasteiger charge is 2.20. The van der Waals surface area contributed by atoms with E-state index < -0.39 is 16.0 Å². The Kier molecular flexibility index (Phi) is 4.73. The molecule has 0 fully saturated rings. The quantitative estimate of drug-likeness (QED) is 0.872. The third kappa shape index (κ3) is 3.79. The summed E-state index contributed by atoms with van der Waals surface area (Å²) in [4.78, 5) is 11.0. The van der Waals surface area contributed by atoms with Crippen molar-refractivity contribution in [3.63, 3.8) is 0 Å². The van der Waals surface area contributed by atoms with Crippen molar-refractivity contribution in [3.8, 4) is 0 Å². The van der Waals surface area contributed by atoms with E-state index in [-0.39, 0.29) is 22.0 Å². The van der Waals surface area contributed by atoms with Crippen LogP contribution >= 0.6 is 11.6 Å². The number of halogens is 1. The van der Waals surface area contributed by atoms with Crippen LogP contribution in [-0.4, -0.2) is 26.0 Å². The average molecular weight is 304 g/mol. The highest BCUT2D eigenvalue weighted by atomic mass is 35.5. The van der Waals surface area contributed by atoms with Crippen molar-refractivity contribution in [1.82, 2.24) is 4.72 Å². The van der Waals surface area contributed by atoms with E-state index in [4.69, 9.17) is 16.7 Å². The van der Waals surface area contributed by atoms with Gasteiger partial charge in [0, 0.05) is 11.6 Å². The van der Waals surface area contributed by atoms with Gasteiger partial charge in [0.15, 0.2) is 0 Å². The lowest BCUT2D eigenvalue weighted by Crippen LogP contribution is -2.26. The number of rotatable bonds is 5. The van der Waals surface area contributed by atoms with E-state index in [0.29, 0.717) is 11.1 Å². The summed E-state index contributed by atoms with van der Waals surface area (Å²) in [5.41, 5.74) is 0.927. The molecule has 19 heavy (non-hydrogen) atoms. The number of benzene rings is 1. The molecule has 0 saturated heterocycles. The van der Waals surface area contributed by atoms with Crippen molar-refractivity contribution in [3.05, 3.63) is 40.4 Å². The number of carbonyl (C=O) groups is 1. The first kappa shape index (κ1) is 15.7. The number of carboxylic acids is 1. The molecule has 1 aromatic rings. The Balaban J connectivity index is 3.30. The van der Waals surface area contributed by atoms with Crippen LogP contribution in [0.25, 0.3) is 0 Å². The number of nitrogens with one attached hydrogen (secondary N) is 1. The lowest BCUT2D eigenvalue weighted by Gasteiger charge is -2.11. The summed E-state index contributed by atoms with van der Waals surface area (Å²) in [5.74, 6) is -1.17. The van der Waals surface area contributed by atoms with E-state index in [0.717, 1.165) is 6.07 Å². The molecule has 0 aliphatic heterocycles. The smallest absolute Gasteiger partial charge is 0.335 e. The molecule has 1 rings (SSSR count). The molecular weight excluding hydrogens is 290 g/mol. The highest BCUT2D eigenvalue weighted by molar-refractivity contribution is 7.89. The first-order valence-electron chi connectivity index (χ1n) is 5.32. The van der Waals surface area contributed by atoms with Gasteiger partial charge in [0.2, 0.25) is 10.0 Å². The standard InChI is InChI=1S/C12H14ClNO4S/c1-7-4-8(2)11(5-10(7)12(15)16)19(17,18)14-6-9(3)13/h4-5,14H,3,6H2,1-2H3,(H,15,16). The van der Waals surface area contributed by atoms with E-state index in [1.54, 1.807) is 13.8 Å². The summed E-state index contributed by atoms with van der Waals surface area (Å²) in [7, 11) is -3.82. The maximum atomic E-state index is 12.0. The van der Waals surface area contributed by atoms with Crippen molar-refractivity contribution < 1.29 is 18.3 Å². The van der Waals surface area contributed by atoms with Crippen LogP contribution in [0.1, 0.15) is 21.5 Å². The fourth-order valence-corrected chi connectivity index (χ4v) is 3.03. The summed E-state index contributed by atoms with van der Waals surface area (Å²) < 4.78 is 26.3. The van der Waals surface area contributed by atoms with Gasteiger partial charge in [0.1, 0.15) is 0 Å². The van der Waals surface area contributed by atoms with Gasteiger partial charge in [-0.15, -0.1) is 0 Å². The molecule has 0 aliphatic carbocycles. The van der Waals surface area contributed by atoms with Crippen molar-refractivity contribution in [2.75, 3.05) is 6.54 Å². The second-order valence-corrected chi connectivity index (χ2v) is 6.35. The van der Waals surface area contributed by atoms with Gasteiger partial charge in [-0.3, -0.25) is 0 Å². The van der Waals surface area contributed by atoms with Gasteiger partial charge in [0.25, 0.3) is 0 Å².